The van der Waals surface area contributed by atoms with Crippen LogP contribution in [0.1, 0.15) is 46.4 Å². The van der Waals surface area contributed by atoms with Gasteiger partial charge in [0.05, 0.1) is 17.8 Å². The molecule has 1 aliphatic carbocycles. The number of nitrogens with zero attached hydrogens (tertiary/aromatic N) is 6. The third-order valence-corrected chi connectivity index (χ3v) is 8.28. The number of carbonyl (C=O) groups is 3. The summed E-state index contributed by atoms with van der Waals surface area (Å²) in [6.07, 6.45) is 7.72. The second-order valence-corrected chi connectivity index (χ2v) is 11.3. The first-order valence-corrected chi connectivity index (χ1v) is 14.4. The number of likely N-dealkylation sites (N-methyl/N-ethyl adjacent to an activating group) is 1. The van der Waals surface area contributed by atoms with Crippen LogP contribution in [0, 0.1) is 11.3 Å². The lowest BCUT2D eigenvalue weighted by molar-refractivity contribution is -0.136. The van der Waals surface area contributed by atoms with Gasteiger partial charge in [0, 0.05) is 55.3 Å². The second-order valence-electron chi connectivity index (χ2n) is 10.4. The van der Waals surface area contributed by atoms with Gasteiger partial charge in [0.15, 0.2) is 6.29 Å². The van der Waals surface area contributed by atoms with Crippen molar-refractivity contribution in [3.8, 4) is 6.07 Å². The number of amides is 3. The summed E-state index contributed by atoms with van der Waals surface area (Å²) in [4.78, 5) is 51.9. The number of urea groups is 1. The Bertz CT molecular complexity index is 1340. The Morgan fingerprint density at radius 3 is 2.79 bits per heavy atom. The summed E-state index contributed by atoms with van der Waals surface area (Å²) < 4.78 is 0. The predicted octanol–water partition coefficient (Wildman–Crippen LogP) is 2.73. The topological polar surface area (TPSA) is 135 Å². The van der Waals surface area contributed by atoms with Crippen LogP contribution in [0.4, 0.5) is 22.1 Å². The lowest BCUT2D eigenvalue weighted by Gasteiger charge is -2.33. The number of thioether (sulfide) groups is 1. The first-order chi connectivity index (χ1) is 18.8. The maximum atomic E-state index is 13.4. The van der Waals surface area contributed by atoms with Gasteiger partial charge in [-0.1, -0.05) is 0 Å². The highest BCUT2D eigenvalue weighted by atomic mass is 32.2. The fourth-order valence-electron chi connectivity index (χ4n) is 5.09. The van der Waals surface area contributed by atoms with Crippen molar-refractivity contribution in [2.75, 3.05) is 60.8 Å². The summed E-state index contributed by atoms with van der Waals surface area (Å²) in [5, 5.41) is 15.9. The molecule has 0 aromatic carbocycles. The number of fused-ring (bicyclic) bond motifs is 1. The Balaban J connectivity index is 1.35. The molecule has 2 fully saturated rings. The number of carbonyl (C=O) groups excluding carboxylic acids is 3. The molecule has 2 N–H and O–H groups in total. The van der Waals surface area contributed by atoms with E-state index in [1.54, 1.807) is 22.7 Å². The lowest BCUT2D eigenvalue weighted by Crippen LogP contribution is -2.48. The van der Waals surface area contributed by atoms with E-state index < -0.39 is 6.03 Å². The van der Waals surface area contributed by atoms with Crippen molar-refractivity contribution >= 4 is 47.3 Å². The quantitative estimate of drug-likeness (QED) is 0.478. The predicted molar refractivity (Wildman–Crippen MR) is 150 cm³/mol. The Labute approximate surface area is 231 Å². The molecule has 5 rings (SSSR count). The molecule has 0 unspecified atom stereocenters. The standard InChI is InChI=1S/C27H32N8O3S/c1-33-8-9-34(24(37)15-33)14-19-10-18-4-3-7-35(25(18)30-22(19)16-36)26(38)31-23-11-21(20(12-28)13-29-23)32-27(5-6-27)17-39-2/h10-11,13,16H,3-9,14-15,17H2,1-2H3,(H2,29,31,32,38). The van der Waals surface area contributed by atoms with Crippen molar-refractivity contribution in [1.82, 2.24) is 19.8 Å². The van der Waals surface area contributed by atoms with Gasteiger partial charge in [-0.25, -0.2) is 14.8 Å². The summed E-state index contributed by atoms with van der Waals surface area (Å²) in [6.45, 7) is 2.47. The number of hydrogen-bond donors (Lipinski definition) is 2. The molecule has 39 heavy (non-hydrogen) atoms. The molecule has 1 saturated carbocycles. The van der Waals surface area contributed by atoms with Crippen LogP contribution < -0.4 is 15.5 Å². The van der Waals surface area contributed by atoms with Crippen molar-refractivity contribution in [1.29, 1.82) is 5.26 Å². The first kappa shape index (κ1) is 26.9. The number of hydrogen-bond acceptors (Lipinski definition) is 9. The average Bonchev–Trinajstić information content (AvgIpc) is 3.68. The first-order valence-electron chi connectivity index (χ1n) is 13.0. The molecule has 3 aliphatic rings. The Morgan fingerprint density at radius 2 is 2.10 bits per heavy atom. The van der Waals surface area contributed by atoms with E-state index >= 15 is 0 Å². The van der Waals surface area contributed by atoms with E-state index in [2.05, 4.69) is 32.9 Å². The number of nitrogens with one attached hydrogen (secondary N) is 2. The maximum Gasteiger partial charge on any atom is 0.328 e. The number of aromatic nitrogens is 2. The number of piperazine rings is 1. The normalized spacial score (nSPS) is 18.2. The van der Waals surface area contributed by atoms with Crippen molar-refractivity contribution in [3.63, 3.8) is 0 Å². The van der Waals surface area contributed by atoms with Gasteiger partial charge in [0.25, 0.3) is 0 Å². The Morgan fingerprint density at radius 1 is 1.28 bits per heavy atom. The molecule has 2 aromatic rings. The van der Waals surface area contributed by atoms with Crippen molar-refractivity contribution in [3.05, 3.63) is 40.7 Å². The lowest BCUT2D eigenvalue weighted by atomic mass is 10.0. The van der Waals surface area contributed by atoms with E-state index in [1.807, 2.05) is 18.0 Å². The van der Waals surface area contributed by atoms with Crippen LogP contribution in [-0.4, -0.2) is 88.8 Å². The van der Waals surface area contributed by atoms with E-state index in [0.29, 0.717) is 60.9 Å². The number of nitriles is 1. The van der Waals surface area contributed by atoms with Gasteiger partial charge >= 0.3 is 6.03 Å². The molecule has 2 aromatic heterocycles. The van der Waals surface area contributed by atoms with Gasteiger partial charge in [-0.3, -0.25) is 24.7 Å². The summed E-state index contributed by atoms with van der Waals surface area (Å²) in [7, 11) is 1.91. The summed E-state index contributed by atoms with van der Waals surface area (Å²) in [5.41, 5.74) is 2.83. The Kier molecular flexibility index (Phi) is 7.72. The molecule has 0 bridgehead atoms. The molecular formula is C27H32N8O3S. The third kappa shape index (κ3) is 5.84. The molecule has 1 saturated heterocycles. The molecule has 204 valence electrons. The van der Waals surface area contributed by atoms with E-state index in [0.717, 1.165) is 43.5 Å². The van der Waals surface area contributed by atoms with Crippen LogP contribution in [0.25, 0.3) is 0 Å². The van der Waals surface area contributed by atoms with Crippen molar-refractivity contribution in [2.24, 2.45) is 0 Å². The van der Waals surface area contributed by atoms with Gasteiger partial charge in [-0.2, -0.15) is 17.0 Å². The molecular weight excluding hydrogens is 516 g/mol. The Hall–Kier alpha value is -3.69. The highest BCUT2D eigenvalue weighted by Crippen LogP contribution is 2.42. The van der Waals surface area contributed by atoms with Gasteiger partial charge in [0.2, 0.25) is 5.91 Å². The largest absolute Gasteiger partial charge is 0.378 e. The fourth-order valence-corrected chi connectivity index (χ4v) is 6.01. The molecule has 0 atom stereocenters. The molecule has 0 radical (unpaired) electrons. The van der Waals surface area contributed by atoms with E-state index in [9.17, 15) is 19.6 Å². The van der Waals surface area contributed by atoms with Gasteiger partial charge in [-0.05, 0) is 50.6 Å². The summed E-state index contributed by atoms with van der Waals surface area (Å²) >= 11 is 1.75. The van der Waals surface area contributed by atoms with Crippen LogP contribution in [0.5, 0.6) is 0 Å². The van der Waals surface area contributed by atoms with Crippen LogP contribution in [0.3, 0.4) is 0 Å². The maximum absolute atomic E-state index is 13.4. The zero-order valence-electron chi connectivity index (χ0n) is 22.2. The van der Waals surface area contributed by atoms with E-state index in [1.165, 1.54) is 11.1 Å². The summed E-state index contributed by atoms with van der Waals surface area (Å²) in [6, 6.07) is 5.36. The number of rotatable bonds is 8. The highest BCUT2D eigenvalue weighted by Gasteiger charge is 2.42. The fraction of sp³-hybridized carbons (Fsp3) is 0.481. The van der Waals surface area contributed by atoms with Gasteiger partial charge in [0.1, 0.15) is 23.4 Å². The van der Waals surface area contributed by atoms with Crippen LogP contribution in [0.15, 0.2) is 18.3 Å². The minimum Gasteiger partial charge on any atom is -0.378 e. The average molecular weight is 549 g/mol. The molecule has 11 nitrogen and oxygen atoms in total. The van der Waals surface area contributed by atoms with E-state index in [4.69, 9.17) is 0 Å². The minimum atomic E-state index is -0.407. The van der Waals surface area contributed by atoms with Crippen molar-refractivity contribution < 1.29 is 14.4 Å². The number of aryl methyl sites for hydroxylation is 1. The molecule has 3 amide bonds. The third-order valence-electron chi connectivity index (χ3n) is 7.44. The van der Waals surface area contributed by atoms with E-state index in [-0.39, 0.29) is 17.1 Å². The molecule has 12 heteroatoms. The number of anilines is 3. The zero-order chi connectivity index (χ0) is 27.6. The van der Waals surface area contributed by atoms with Crippen LogP contribution >= 0.6 is 11.8 Å². The molecule has 0 spiro atoms. The van der Waals surface area contributed by atoms with Crippen LogP contribution in [0.2, 0.25) is 0 Å². The van der Waals surface area contributed by atoms with Gasteiger partial charge in [-0.15, -0.1) is 0 Å². The SMILES string of the molecule is CSCC1(Nc2cc(NC(=O)N3CCCc4cc(CN5CCN(C)CC5=O)c(C=O)nc43)ncc2C#N)CC1. The zero-order valence-corrected chi connectivity index (χ0v) is 23.0. The smallest absolute Gasteiger partial charge is 0.328 e. The van der Waals surface area contributed by atoms with Gasteiger partial charge < -0.3 is 10.2 Å². The van der Waals surface area contributed by atoms with Crippen molar-refractivity contribution in [2.45, 2.75) is 37.8 Å². The minimum absolute atomic E-state index is 0.0177. The number of pyridine rings is 2. The second kappa shape index (κ2) is 11.2. The highest BCUT2D eigenvalue weighted by molar-refractivity contribution is 7.98. The summed E-state index contributed by atoms with van der Waals surface area (Å²) in [5.74, 6) is 1.72. The monoisotopic (exact) mass is 548 g/mol. The molecule has 2 aliphatic heterocycles. The number of aldehydes is 1. The molecule has 4 heterocycles. The van der Waals surface area contributed by atoms with Crippen LogP contribution in [-0.2, 0) is 17.8 Å².